The van der Waals surface area contributed by atoms with Crippen molar-refractivity contribution >= 4 is 23.1 Å². The van der Waals surface area contributed by atoms with Crippen LogP contribution in [0.1, 0.15) is 11.3 Å². The largest absolute Gasteiger partial charge is 0.495 e. The van der Waals surface area contributed by atoms with Crippen molar-refractivity contribution in [3.05, 3.63) is 65.9 Å². The Morgan fingerprint density at radius 3 is 2.31 bits per heavy atom. The SMILES string of the molecule is COc1ccccc1N1CCN(c2nc(C)cc(Nc3ccccc3C)n2)CC1. The standard InChI is InChI=1S/C23H27N5O/c1-17-8-4-5-9-19(17)25-22-16-18(2)24-23(26-22)28-14-12-27(13-15-28)20-10-6-7-11-21(20)29-3/h4-11,16H,12-15H2,1-3H3,(H,24,25,26). The van der Waals surface area contributed by atoms with Gasteiger partial charge in [0.25, 0.3) is 0 Å². The Bertz CT molecular complexity index is 983. The molecule has 0 radical (unpaired) electrons. The molecule has 0 atom stereocenters. The number of rotatable bonds is 5. The van der Waals surface area contributed by atoms with Gasteiger partial charge in [0.15, 0.2) is 0 Å². The van der Waals surface area contributed by atoms with Gasteiger partial charge in [0.2, 0.25) is 5.95 Å². The predicted molar refractivity (Wildman–Crippen MR) is 119 cm³/mol. The number of aromatic nitrogens is 2. The molecular formula is C23H27N5O. The summed E-state index contributed by atoms with van der Waals surface area (Å²) in [5.41, 5.74) is 4.35. The molecule has 3 aromatic rings. The topological polar surface area (TPSA) is 53.5 Å². The summed E-state index contributed by atoms with van der Waals surface area (Å²) in [5.74, 6) is 2.52. The van der Waals surface area contributed by atoms with Crippen LogP contribution in [0.3, 0.4) is 0 Å². The molecule has 2 heterocycles. The average Bonchev–Trinajstić information content (AvgIpc) is 2.75. The van der Waals surface area contributed by atoms with Crippen molar-refractivity contribution in [2.45, 2.75) is 13.8 Å². The van der Waals surface area contributed by atoms with Crippen molar-refractivity contribution in [3.63, 3.8) is 0 Å². The first-order valence-electron chi connectivity index (χ1n) is 9.95. The van der Waals surface area contributed by atoms with Crippen LogP contribution in [0.25, 0.3) is 0 Å². The molecule has 6 heteroatoms. The summed E-state index contributed by atoms with van der Waals surface area (Å²) in [5, 5.41) is 3.44. The maximum atomic E-state index is 5.52. The number of aryl methyl sites for hydroxylation is 2. The lowest BCUT2D eigenvalue weighted by Gasteiger charge is -2.36. The second-order valence-electron chi connectivity index (χ2n) is 7.28. The zero-order chi connectivity index (χ0) is 20.2. The number of hydrogen-bond acceptors (Lipinski definition) is 6. The molecule has 0 spiro atoms. The van der Waals surface area contributed by atoms with Crippen molar-refractivity contribution < 1.29 is 4.74 Å². The van der Waals surface area contributed by atoms with Gasteiger partial charge in [-0.1, -0.05) is 30.3 Å². The highest BCUT2D eigenvalue weighted by atomic mass is 16.5. The van der Waals surface area contributed by atoms with E-state index in [1.54, 1.807) is 7.11 Å². The van der Waals surface area contributed by atoms with Gasteiger partial charge in [-0.05, 0) is 37.6 Å². The number of piperazine rings is 1. The van der Waals surface area contributed by atoms with Crippen LogP contribution < -0.4 is 19.9 Å². The minimum Gasteiger partial charge on any atom is -0.495 e. The van der Waals surface area contributed by atoms with Crippen molar-refractivity contribution in [1.29, 1.82) is 0 Å². The van der Waals surface area contributed by atoms with Gasteiger partial charge in [0.05, 0.1) is 12.8 Å². The van der Waals surface area contributed by atoms with E-state index in [1.807, 2.05) is 37.3 Å². The zero-order valence-corrected chi connectivity index (χ0v) is 17.2. The summed E-state index contributed by atoms with van der Waals surface area (Å²) in [4.78, 5) is 14.1. The Hall–Kier alpha value is -3.28. The summed E-state index contributed by atoms with van der Waals surface area (Å²) in [7, 11) is 1.72. The zero-order valence-electron chi connectivity index (χ0n) is 17.2. The minimum atomic E-state index is 0.778. The Kier molecular flexibility index (Phi) is 5.51. The second kappa shape index (κ2) is 8.39. The lowest BCUT2D eigenvalue weighted by atomic mass is 10.2. The van der Waals surface area contributed by atoms with Gasteiger partial charge in [-0.15, -0.1) is 0 Å². The van der Waals surface area contributed by atoms with E-state index in [2.05, 4.69) is 51.3 Å². The summed E-state index contributed by atoms with van der Waals surface area (Å²) >= 11 is 0. The summed E-state index contributed by atoms with van der Waals surface area (Å²) < 4.78 is 5.52. The van der Waals surface area contributed by atoms with E-state index >= 15 is 0 Å². The van der Waals surface area contributed by atoms with Gasteiger partial charge in [-0.25, -0.2) is 4.98 Å². The first-order valence-corrected chi connectivity index (χ1v) is 9.95. The summed E-state index contributed by atoms with van der Waals surface area (Å²) in [6.45, 7) is 7.64. The highest BCUT2D eigenvalue weighted by molar-refractivity contribution is 5.62. The quantitative estimate of drug-likeness (QED) is 0.707. The van der Waals surface area contributed by atoms with Gasteiger partial charge in [-0.3, -0.25) is 0 Å². The fourth-order valence-corrected chi connectivity index (χ4v) is 3.65. The van der Waals surface area contributed by atoms with Crippen LogP contribution in [0.5, 0.6) is 5.75 Å². The molecule has 2 aromatic carbocycles. The Morgan fingerprint density at radius 1 is 0.862 bits per heavy atom. The lowest BCUT2D eigenvalue weighted by molar-refractivity contribution is 0.413. The summed E-state index contributed by atoms with van der Waals surface area (Å²) in [6.07, 6.45) is 0. The van der Waals surface area contributed by atoms with Crippen molar-refractivity contribution in [1.82, 2.24) is 9.97 Å². The number of methoxy groups -OCH3 is 1. The van der Waals surface area contributed by atoms with E-state index in [1.165, 1.54) is 5.56 Å². The Labute approximate surface area is 172 Å². The number of anilines is 4. The fraction of sp³-hybridized carbons (Fsp3) is 0.304. The average molecular weight is 390 g/mol. The van der Waals surface area contributed by atoms with E-state index in [4.69, 9.17) is 9.72 Å². The molecule has 1 aliphatic heterocycles. The number of nitrogens with one attached hydrogen (secondary N) is 1. The minimum absolute atomic E-state index is 0.778. The van der Waals surface area contributed by atoms with Crippen molar-refractivity contribution in [3.8, 4) is 5.75 Å². The molecule has 1 saturated heterocycles. The third-order valence-corrected chi connectivity index (χ3v) is 5.24. The van der Waals surface area contributed by atoms with E-state index in [9.17, 15) is 0 Å². The van der Waals surface area contributed by atoms with Crippen LogP contribution >= 0.6 is 0 Å². The molecule has 0 unspecified atom stereocenters. The molecule has 6 nitrogen and oxygen atoms in total. The highest BCUT2D eigenvalue weighted by Gasteiger charge is 2.21. The van der Waals surface area contributed by atoms with Crippen LogP contribution in [0.4, 0.5) is 23.1 Å². The van der Waals surface area contributed by atoms with Crippen molar-refractivity contribution in [2.24, 2.45) is 0 Å². The van der Waals surface area contributed by atoms with Crippen LogP contribution in [-0.4, -0.2) is 43.3 Å². The lowest BCUT2D eigenvalue weighted by Crippen LogP contribution is -2.47. The van der Waals surface area contributed by atoms with Gasteiger partial charge >= 0.3 is 0 Å². The molecule has 0 amide bonds. The van der Waals surface area contributed by atoms with E-state index < -0.39 is 0 Å². The molecule has 150 valence electrons. The maximum absolute atomic E-state index is 5.52. The first kappa shape index (κ1) is 19.1. The highest BCUT2D eigenvalue weighted by Crippen LogP contribution is 2.29. The first-order chi connectivity index (χ1) is 14.1. The van der Waals surface area contributed by atoms with Crippen LogP contribution in [0.2, 0.25) is 0 Å². The number of hydrogen-bond donors (Lipinski definition) is 1. The molecular weight excluding hydrogens is 362 g/mol. The van der Waals surface area contributed by atoms with E-state index in [-0.39, 0.29) is 0 Å². The molecule has 1 fully saturated rings. The Balaban J connectivity index is 1.48. The molecule has 1 N–H and O–H groups in total. The third kappa shape index (κ3) is 4.26. The third-order valence-electron chi connectivity index (χ3n) is 5.24. The number of benzene rings is 2. The number of para-hydroxylation sites is 3. The molecule has 0 bridgehead atoms. The smallest absolute Gasteiger partial charge is 0.227 e. The van der Waals surface area contributed by atoms with Gasteiger partial charge in [-0.2, -0.15) is 4.98 Å². The second-order valence-corrected chi connectivity index (χ2v) is 7.28. The molecule has 29 heavy (non-hydrogen) atoms. The maximum Gasteiger partial charge on any atom is 0.227 e. The number of nitrogens with zero attached hydrogens (tertiary/aromatic N) is 4. The van der Waals surface area contributed by atoms with Crippen LogP contribution in [0, 0.1) is 13.8 Å². The van der Waals surface area contributed by atoms with E-state index in [0.29, 0.717) is 0 Å². The molecule has 0 saturated carbocycles. The van der Waals surface area contributed by atoms with Crippen molar-refractivity contribution in [2.75, 3.05) is 48.4 Å². The van der Waals surface area contributed by atoms with Gasteiger partial charge < -0.3 is 19.9 Å². The number of ether oxygens (including phenoxy) is 1. The van der Waals surface area contributed by atoms with Crippen LogP contribution in [-0.2, 0) is 0 Å². The predicted octanol–water partition coefficient (Wildman–Crippen LogP) is 4.17. The van der Waals surface area contributed by atoms with E-state index in [0.717, 1.165) is 60.8 Å². The van der Waals surface area contributed by atoms with Crippen LogP contribution in [0.15, 0.2) is 54.6 Å². The molecule has 0 aliphatic carbocycles. The van der Waals surface area contributed by atoms with Gasteiger partial charge in [0.1, 0.15) is 11.6 Å². The summed E-state index contributed by atoms with van der Waals surface area (Å²) in [6, 6.07) is 18.4. The Morgan fingerprint density at radius 2 is 1.55 bits per heavy atom. The molecule has 1 aliphatic rings. The molecule has 4 rings (SSSR count). The normalized spacial score (nSPS) is 14.0. The monoisotopic (exact) mass is 389 g/mol. The fourth-order valence-electron chi connectivity index (χ4n) is 3.65. The molecule has 1 aromatic heterocycles. The van der Waals surface area contributed by atoms with Gasteiger partial charge in [0, 0.05) is 43.6 Å².